The SMILES string of the molecule is C=CCOc1ccc(-c2ccc3c(F)c(CCc4ccc(C(F)(F)F)c(F)c4)ccc3c2)cc1. The Bertz CT molecular complexity index is 1320. The van der Waals surface area contributed by atoms with Crippen molar-refractivity contribution in [1.82, 2.24) is 0 Å². The van der Waals surface area contributed by atoms with Crippen molar-refractivity contribution in [3.05, 3.63) is 114 Å². The Morgan fingerprint density at radius 3 is 2.21 bits per heavy atom. The second-order valence-corrected chi connectivity index (χ2v) is 7.91. The number of ether oxygens (including phenoxy) is 1. The molecule has 0 aliphatic heterocycles. The van der Waals surface area contributed by atoms with Gasteiger partial charge in [0.25, 0.3) is 0 Å². The fourth-order valence-electron chi connectivity index (χ4n) is 3.83. The van der Waals surface area contributed by atoms with Gasteiger partial charge in [-0.3, -0.25) is 0 Å². The summed E-state index contributed by atoms with van der Waals surface area (Å²) in [6.07, 6.45) is -2.62. The number of hydrogen-bond acceptors (Lipinski definition) is 1. The third-order valence-corrected chi connectivity index (χ3v) is 5.61. The molecule has 4 aromatic carbocycles. The molecule has 0 aliphatic carbocycles. The monoisotopic (exact) mass is 468 g/mol. The van der Waals surface area contributed by atoms with E-state index in [0.717, 1.165) is 34.4 Å². The maximum atomic E-state index is 15.1. The average molecular weight is 468 g/mol. The van der Waals surface area contributed by atoms with Gasteiger partial charge in [-0.15, -0.1) is 0 Å². The van der Waals surface area contributed by atoms with Crippen LogP contribution in [0.25, 0.3) is 21.9 Å². The highest BCUT2D eigenvalue weighted by molar-refractivity contribution is 5.88. The molecular weight excluding hydrogens is 447 g/mol. The lowest BCUT2D eigenvalue weighted by molar-refractivity contribution is -0.140. The van der Waals surface area contributed by atoms with Crippen LogP contribution in [0.3, 0.4) is 0 Å². The molecule has 0 aliphatic rings. The molecule has 0 atom stereocenters. The van der Waals surface area contributed by atoms with Crippen molar-refractivity contribution < 1.29 is 26.7 Å². The molecule has 174 valence electrons. The van der Waals surface area contributed by atoms with Crippen LogP contribution in [0.15, 0.2) is 85.5 Å². The second-order valence-electron chi connectivity index (χ2n) is 7.91. The first kappa shape index (κ1) is 23.5. The van der Waals surface area contributed by atoms with Crippen molar-refractivity contribution in [2.45, 2.75) is 19.0 Å². The molecule has 0 spiro atoms. The zero-order chi connectivity index (χ0) is 24.3. The first-order chi connectivity index (χ1) is 16.3. The van der Waals surface area contributed by atoms with Crippen LogP contribution in [-0.2, 0) is 19.0 Å². The smallest absolute Gasteiger partial charge is 0.419 e. The summed E-state index contributed by atoms with van der Waals surface area (Å²) in [4.78, 5) is 0. The summed E-state index contributed by atoms with van der Waals surface area (Å²) in [5.74, 6) is -0.977. The molecular formula is C28H21F5O. The summed E-state index contributed by atoms with van der Waals surface area (Å²) in [5, 5.41) is 1.18. The third kappa shape index (κ3) is 5.11. The Morgan fingerprint density at radius 1 is 0.794 bits per heavy atom. The average Bonchev–Trinajstić information content (AvgIpc) is 2.81. The first-order valence-corrected chi connectivity index (χ1v) is 10.7. The van der Waals surface area contributed by atoms with Gasteiger partial charge in [-0.25, -0.2) is 8.78 Å². The highest BCUT2D eigenvalue weighted by Gasteiger charge is 2.33. The van der Waals surface area contributed by atoms with E-state index in [2.05, 4.69) is 6.58 Å². The van der Waals surface area contributed by atoms with E-state index in [9.17, 15) is 17.6 Å². The van der Waals surface area contributed by atoms with Crippen molar-refractivity contribution in [1.29, 1.82) is 0 Å². The number of aryl methyl sites for hydroxylation is 2. The Labute approximate surface area is 194 Å². The summed E-state index contributed by atoms with van der Waals surface area (Å²) in [6.45, 7) is 4.04. The summed E-state index contributed by atoms with van der Waals surface area (Å²) < 4.78 is 72.6. The molecule has 34 heavy (non-hydrogen) atoms. The van der Waals surface area contributed by atoms with E-state index in [0.29, 0.717) is 23.1 Å². The molecule has 0 bridgehead atoms. The summed E-state index contributed by atoms with van der Waals surface area (Å²) >= 11 is 0. The van der Waals surface area contributed by atoms with E-state index in [1.807, 2.05) is 42.5 Å². The third-order valence-electron chi connectivity index (χ3n) is 5.61. The normalized spacial score (nSPS) is 11.6. The van der Waals surface area contributed by atoms with Crippen molar-refractivity contribution in [3.63, 3.8) is 0 Å². The highest BCUT2D eigenvalue weighted by Crippen LogP contribution is 2.32. The predicted molar refractivity (Wildman–Crippen MR) is 124 cm³/mol. The molecule has 0 fully saturated rings. The standard InChI is InChI=1S/C28H21F5O/c1-2-15-34-23-11-8-19(9-12-23)21-10-13-24-22(17-21)7-6-20(27(24)30)5-3-18-4-14-25(26(29)16-18)28(31,32)33/h2,4,6-14,16-17H,1,3,5,15H2. The number of hydrogen-bond donors (Lipinski definition) is 0. The van der Waals surface area contributed by atoms with Crippen LogP contribution in [0.1, 0.15) is 16.7 Å². The number of benzene rings is 4. The van der Waals surface area contributed by atoms with Gasteiger partial charge in [-0.1, -0.05) is 55.1 Å². The van der Waals surface area contributed by atoms with E-state index >= 15 is 4.39 Å². The van der Waals surface area contributed by atoms with Crippen LogP contribution in [0, 0.1) is 11.6 Å². The minimum atomic E-state index is -4.74. The van der Waals surface area contributed by atoms with Gasteiger partial charge in [-0.05, 0) is 70.8 Å². The van der Waals surface area contributed by atoms with Crippen molar-refractivity contribution >= 4 is 10.8 Å². The molecule has 0 aromatic heterocycles. The van der Waals surface area contributed by atoms with Crippen LogP contribution >= 0.6 is 0 Å². The van der Waals surface area contributed by atoms with Crippen LogP contribution in [0.2, 0.25) is 0 Å². The van der Waals surface area contributed by atoms with Gasteiger partial charge in [0, 0.05) is 5.39 Å². The van der Waals surface area contributed by atoms with Crippen LogP contribution in [0.4, 0.5) is 22.0 Å². The largest absolute Gasteiger partial charge is 0.490 e. The zero-order valence-corrected chi connectivity index (χ0v) is 18.1. The Morgan fingerprint density at radius 2 is 1.53 bits per heavy atom. The number of halogens is 5. The second kappa shape index (κ2) is 9.67. The number of fused-ring (bicyclic) bond motifs is 1. The van der Waals surface area contributed by atoms with E-state index < -0.39 is 17.6 Å². The molecule has 0 unspecified atom stereocenters. The minimum absolute atomic E-state index is 0.218. The summed E-state index contributed by atoms with van der Waals surface area (Å²) in [6, 6.07) is 19.3. The molecule has 4 aromatic rings. The predicted octanol–water partition coefficient (Wildman–Crippen LogP) is 8.15. The van der Waals surface area contributed by atoms with Gasteiger partial charge in [-0.2, -0.15) is 13.2 Å². The molecule has 4 rings (SSSR count). The van der Waals surface area contributed by atoms with Crippen molar-refractivity contribution in [2.75, 3.05) is 6.61 Å². The molecule has 1 nitrogen and oxygen atoms in total. The van der Waals surface area contributed by atoms with Gasteiger partial charge in [0.1, 0.15) is 24.0 Å². The van der Waals surface area contributed by atoms with E-state index in [1.54, 1.807) is 18.2 Å². The Balaban J connectivity index is 1.52. The maximum absolute atomic E-state index is 15.1. The summed E-state index contributed by atoms with van der Waals surface area (Å²) in [7, 11) is 0. The van der Waals surface area contributed by atoms with Gasteiger partial charge < -0.3 is 4.74 Å². The molecule has 0 saturated heterocycles. The van der Waals surface area contributed by atoms with Crippen LogP contribution in [0.5, 0.6) is 5.75 Å². The lowest BCUT2D eigenvalue weighted by Gasteiger charge is -2.11. The van der Waals surface area contributed by atoms with Crippen molar-refractivity contribution in [2.24, 2.45) is 0 Å². The van der Waals surface area contributed by atoms with Crippen LogP contribution < -0.4 is 4.74 Å². The van der Waals surface area contributed by atoms with E-state index in [1.165, 1.54) is 6.07 Å². The molecule has 0 N–H and O–H groups in total. The van der Waals surface area contributed by atoms with E-state index in [-0.39, 0.29) is 18.7 Å². The quantitative estimate of drug-likeness (QED) is 0.196. The zero-order valence-electron chi connectivity index (χ0n) is 18.1. The maximum Gasteiger partial charge on any atom is 0.419 e. The highest BCUT2D eigenvalue weighted by atomic mass is 19.4. The van der Waals surface area contributed by atoms with Gasteiger partial charge in [0.2, 0.25) is 0 Å². The molecule has 0 radical (unpaired) electrons. The Kier molecular flexibility index (Phi) is 6.68. The van der Waals surface area contributed by atoms with Gasteiger partial charge in [0.05, 0.1) is 5.56 Å². The number of rotatable bonds is 7. The first-order valence-electron chi connectivity index (χ1n) is 10.7. The Hall–Kier alpha value is -3.67. The van der Waals surface area contributed by atoms with Crippen molar-refractivity contribution in [3.8, 4) is 16.9 Å². The van der Waals surface area contributed by atoms with Crippen LogP contribution in [-0.4, -0.2) is 6.61 Å². The molecule has 0 heterocycles. The molecule has 6 heteroatoms. The lowest BCUT2D eigenvalue weighted by atomic mass is 9.97. The van der Waals surface area contributed by atoms with Gasteiger partial charge >= 0.3 is 6.18 Å². The van der Waals surface area contributed by atoms with E-state index in [4.69, 9.17) is 4.74 Å². The lowest BCUT2D eigenvalue weighted by Crippen LogP contribution is -2.08. The van der Waals surface area contributed by atoms with Gasteiger partial charge in [0.15, 0.2) is 0 Å². The molecule has 0 amide bonds. The molecule has 0 saturated carbocycles. The fourth-order valence-corrected chi connectivity index (χ4v) is 3.83. The summed E-state index contributed by atoms with van der Waals surface area (Å²) in [5.41, 5.74) is 1.38. The fraction of sp³-hybridized carbons (Fsp3) is 0.143. The topological polar surface area (TPSA) is 9.23 Å². The number of alkyl halides is 3. The minimum Gasteiger partial charge on any atom is -0.490 e.